The number of nitrogens with zero attached hydrogens (tertiary/aromatic N) is 10. The van der Waals surface area contributed by atoms with Crippen molar-refractivity contribution in [3.05, 3.63) is 165 Å². The first kappa shape index (κ1) is 80.8. The van der Waals surface area contributed by atoms with Crippen molar-refractivity contribution < 1.29 is 19.0 Å². The minimum Gasteiger partial charge on any atom is -0.479 e. The summed E-state index contributed by atoms with van der Waals surface area (Å²) < 4.78 is 19.4. The van der Waals surface area contributed by atoms with E-state index in [2.05, 4.69) is 72.9 Å². The predicted molar refractivity (Wildman–Crippen MR) is 409 cm³/mol. The number of carbonyl (C=O) groups is 1. The molecule has 0 saturated heterocycles. The van der Waals surface area contributed by atoms with Gasteiger partial charge in [-0.05, 0) is 118 Å². The van der Waals surface area contributed by atoms with E-state index in [0.717, 1.165) is 116 Å². The molecule has 0 unspecified atom stereocenters. The summed E-state index contributed by atoms with van der Waals surface area (Å²) in [4.78, 5) is 17.6. The fourth-order valence-corrected chi connectivity index (χ4v) is 14.0. The van der Waals surface area contributed by atoms with Crippen LogP contribution in [0.15, 0.2) is 165 Å². The van der Waals surface area contributed by atoms with E-state index in [9.17, 15) is 36.4 Å². The molecule has 0 fully saturated rings. The largest absolute Gasteiger partial charge is 0.479 e. The number of benzene rings is 3. The molecule has 3 aromatic carbocycles. The maximum absolute atomic E-state index is 13.3. The van der Waals surface area contributed by atoms with Crippen LogP contribution < -0.4 is 9.80 Å². The zero-order chi connectivity index (χ0) is 72.2. The minimum atomic E-state index is -0.826. The molecular formula is C87H112N10O4. The van der Waals surface area contributed by atoms with Crippen LogP contribution in [0.3, 0.4) is 0 Å². The summed E-state index contributed by atoms with van der Waals surface area (Å²) in [5, 5.41) is 70.6. The molecule has 0 aromatic heterocycles. The molecule has 0 radical (unpaired) electrons. The lowest BCUT2D eigenvalue weighted by Crippen LogP contribution is -2.31. The van der Waals surface area contributed by atoms with E-state index in [-0.39, 0.29) is 52.8 Å². The molecule has 3 aliphatic heterocycles. The first-order valence-electron chi connectivity index (χ1n) is 38.5. The number of likely N-dealkylation sites (N-methyl/N-ethyl adjacent to an activating group) is 1. The lowest BCUT2D eigenvalue weighted by molar-refractivity contribution is -0.143. The number of hydrogen-bond acceptors (Lipinski definition) is 14. The third kappa shape index (κ3) is 25.4. The smallest absolute Gasteiger partial charge is 0.307 e. The van der Waals surface area contributed by atoms with Crippen LogP contribution in [0, 0.1) is 68.0 Å². The van der Waals surface area contributed by atoms with Crippen LogP contribution in [0.4, 0.5) is 22.7 Å². The Bertz CT molecular complexity index is 3580. The number of azo groups is 1. The lowest BCUT2D eigenvalue weighted by atomic mass is 9.81. The number of fused-ring (bicyclic) bond motifs is 1. The molecule has 14 heteroatoms. The van der Waals surface area contributed by atoms with Gasteiger partial charge in [0.15, 0.2) is 22.7 Å². The fourth-order valence-electron chi connectivity index (χ4n) is 14.0. The summed E-state index contributed by atoms with van der Waals surface area (Å²) in [7, 11) is 0. The maximum Gasteiger partial charge on any atom is 0.307 e. The highest BCUT2D eigenvalue weighted by Crippen LogP contribution is 2.49. The third-order valence-electron chi connectivity index (χ3n) is 19.8. The summed E-state index contributed by atoms with van der Waals surface area (Å²) >= 11 is 0. The van der Waals surface area contributed by atoms with E-state index in [1.807, 2.05) is 134 Å². The zero-order valence-corrected chi connectivity index (χ0v) is 61.7. The van der Waals surface area contributed by atoms with Crippen molar-refractivity contribution in [2.24, 2.45) is 10.2 Å². The number of para-hydroxylation sites is 1. The SMILES string of the molecule is CCCCCCCCCCCC1(CCCCCCCCCCC)OC(=C(C#N)C#N)C(C#N)=C1/C=C/c1ccc(N=Nc2ccc(N(CC)CCOC(=O)CCN3C=C/C(=C\C=C\C4=C(C#N)C(=C(C#N)C#N)OC4(CCCCCCCC)CCCCCCCC)c4ccccc43)cc2)cc1. The molecule has 101 heavy (non-hydrogen) atoms. The Labute approximate surface area is 606 Å². The van der Waals surface area contributed by atoms with Crippen LogP contribution in [0.5, 0.6) is 0 Å². The molecule has 0 N–H and O–H groups in total. The third-order valence-corrected chi connectivity index (χ3v) is 19.8. The van der Waals surface area contributed by atoms with Crippen LogP contribution in [0.25, 0.3) is 11.6 Å². The van der Waals surface area contributed by atoms with Crippen LogP contribution in [0.2, 0.25) is 0 Å². The Morgan fingerprint density at radius 3 is 1.36 bits per heavy atom. The molecule has 0 saturated carbocycles. The van der Waals surface area contributed by atoms with Gasteiger partial charge < -0.3 is 24.0 Å². The van der Waals surface area contributed by atoms with E-state index in [4.69, 9.17) is 14.2 Å². The number of anilines is 2. The summed E-state index contributed by atoms with van der Waals surface area (Å²) in [5.74, 6) is -0.0927. The van der Waals surface area contributed by atoms with Crippen molar-refractivity contribution in [3.63, 3.8) is 0 Å². The van der Waals surface area contributed by atoms with Crippen LogP contribution in [-0.2, 0) is 19.0 Å². The summed E-state index contributed by atoms with van der Waals surface area (Å²) in [5.41, 5.74) is 6.13. The van der Waals surface area contributed by atoms with Gasteiger partial charge in [0.2, 0.25) is 0 Å². The van der Waals surface area contributed by atoms with Gasteiger partial charge in [0.1, 0.15) is 65.4 Å². The van der Waals surface area contributed by atoms with E-state index in [0.29, 0.717) is 56.7 Å². The molecule has 0 bridgehead atoms. The number of esters is 1. The van der Waals surface area contributed by atoms with Crippen molar-refractivity contribution in [1.29, 1.82) is 31.6 Å². The number of allylic oxidation sites excluding steroid dienone is 8. The van der Waals surface area contributed by atoms with Crippen molar-refractivity contribution in [3.8, 4) is 36.4 Å². The molecule has 3 aromatic rings. The van der Waals surface area contributed by atoms with Gasteiger partial charge in [0, 0.05) is 47.4 Å². The highest BCUT2D eigenvalue weighted by atomic mass is 16.5. The quantitative estimate of drug-likeness (QED) is 0.0223. The summed E-state index contributed by atoms with van der Waals surface area (Å²) in [6.07, 6.45) is 51.4. The summed E-state index contributed by atoms with van der Waals surface area (Å²) in [6.45, 7) is 12.8. The molecule has 534 valence electrons. The Hall–Kier alpha value is -9.21. The zero-order valence-electron chi connectivity index (χ0n) is 61.7. The van der Waals surface area contributed by atoms with Crippen molar-refractivity contribution in [1.82, 2.24) is 0 Å². The van der Waals surface area contributed by atoms with Gasteiger partial charge in [-0.15, -0.1) is 0 Å². The van der Waals surface area contributed by atoms with Crippen molar-refractivity contribution in [2.75, 3.05) is 36.0 Å². The highest BCUT2D eigenvalue weighted by Gasteiger charge is 2.46. The van der Waals surface area contributed by atoms with Gasteiger partial charge in [-0.25, -0.2) is 0 Å². The summed E-state index contributed by atoms with van der Waals surface area (Å²) in [6, 6.07) is 36.4. The highest BCUT2D eigenvalue weighted by molar-refractivity contribution is 5.87. The van der Waals surface area contributed by atoms with E-state index >= 15 is 0 Å². The van der Waals surface area contributed by atoms with Crippen molar-refractivity contribution >= 4 is 40.4 Å². The normalized spacial score (nSPS) is 14.8. The number of unbranched alkanes of at least 4 members (excludes halogenated alkanes) is 26. The topological polar surface area (TPSA) is 219 Å². The van der Waals surface area contributed by atoms with E-state index in [1.165, 1.54) is 116 Å². The van der Waals surface area contributed by atoms with Crippen molar-refractivity contribution in [2.45, 2.75) is 271 Å². The molecule has 14 nitrogen and oxygen atoms in total. The Morgan fingerprint density at radius 1 is 0.515 bits per heavy atom. The number of rotatable bonds is 48. The Balaban J connectivity index is 1.06. The number of hydrogen-bond donors (Lipinski definition) is 0. The van der Waals surface area contributed by atoms with Crippen LogP contribution in [-0.4, -0.2) is 43.4 Å². The molecule has 3 aliphatic rings. The molecule has 0 spiro atoms. The van der Waals surface area contributed by atoms with Gasteiger partial charge >= 0.3 is 5.97 Å². The monoisotopic (exact) mass is 1360 g/mol. The van der Waals surface area contributed by atoms with Crippen LogP contribution in [0.1, 0.15) is 270 Å². The van der Waals surface area contributed by atoms with Gasteiger partial charge in [-0.3, -0.25) is 4.79 Å². The second kappa shape index (κ2) is 46.3. The molecule has 6 rings (SSSR count). The standard InChI is InChI=1S/C87H112N10O4/c1-6-11-15-19-23-25-27-31-37-58-87(59-38-32-28-26-24-20-16-12-7-2)81(79(69-93)85(101-87)73(66-90)67-91)53-46-70-44-47-74(48-45-70)94-95-75-49-51-76(52-50-75)96(10-5)62-63-99-83(98)55-61-97-60-54-71(77-41-33-34-43-82(77)97)40-39-42-80-78(68-92)84(72(64-88)65-89)100-86(80,56-35-29-21-17-13-8-3)57-36-30-22-18-14-9-4/h33-34,39-54,60H,6-32,35-38,55-59,61-63H2,1-5H3/b42-39+,53-46+,71-40+,95-94?. The average Bonchev–Trinajstić information content (AvgIpc) is 1.62. The predicted octanol–water partition coefficient (Wildman–Crippen LogP) is 24.0. The van der Waals surface area contributed by atoms with Gasteiger partial charge in [-0.2, -0.15) is 41.8 Å². The van der Waals surface area contributed by atoms with Gasteiger partial charge in [-0.1, -0.05) is 255 Å². The van der Waals surface area contributed by atoms with E-state index < -0.39 is 11.2 Å². The molecule has 3 heterocycles. The number of ether oxygens (including phenoxy) is 3. The second-order valence-electron chi connectivity index (χ2n) is 27.2. The van der Waals surface area contributed by atoms with E-state index in [1.54, 1.807) is 0 Å². The Kier molecular flexibility index (Phi) is 37.0. The molecule has 0 aliphatic carbocycles. The lowest BCUT2D eigenvalue weighted by Gasteiger charge is -2.31. The maximum atomic E-state index is 13.3. The first-order valence-corrected chi connectivity index (χ1v) is 38.5. The second-order valence-corrected chi connectivity index (χ2v) is 27.2. The number of nitriles is 6. The fraction of sp³-hybridized carbons (Fsp3) is 0.529. The minimum absolute atomic E-state index is 0.0937. The molecule has 0 atom stereocenters. The molecular weight excluding hydrogens is 1250 g/mol. The molecule has 0 amide bonds. The average molecular weight is 1360 g/mol. The van der Waals surface area contributed by atoms with Gasteiger partial charge in [0.05, 0.1) is 24.3 Å². The van der Waals surface area contributed by atoms with Crippen LogP contribution >= 0.6 is 0 Å². The number of carbonyl (C=O) groups excluding carboxylic acids is 1. The Morgan fingerprint density at radius 2 is 0.931 bits per heavy atom. The first-order chi connectivity index (χ1) is 49.5. The van der Waals surface area contributed by atoms with Gasteiger partial charge in [0.25, 0.3) is 0 Å².